The molecule has 1 aliphatic heterocycles. The minimum absolute atomic E-state index is 0.270. The van der Waals surface area contributed by atoms with E-state index < -0.39 is 0 Å². The van der Waals surface area contributed by atoms with Gasteiger partial charge in [0.25, 0.3) is 0 Å². The third-order valence-electron chi connectivity index (χ3n) is 4.41. The molecule has 1 aromatic rings. The molecule has 1 saturated heterocycles. The monoisotopic (exact) mass is 295 g/mol. The van der Waals surface area contributed by atoms with Crippen LogP contribution in [0.25, 0.3) is 0 Å². The highest BCUT2D eigenvalue weighted by molar-refractivity contribution is 4.84. The lowest BCUT2D eigenvalue weighted by Crippen LogP contribution is -2.49. The molecule has 0 spiro atoms. The molecule has 2 rings (SSSR count). The van der Waals surface area contributed by atoms with E-state index in [1.165, 1.54) is 0 Å². The molecule has 0 radical (unpaired) electrons. The van der Waals surface area contributed by atoms with Crippen LogP contribution in [0.4, 0.5) is 0 Å². The van der Waals surface area contributed by atoms with Crippen LogP contribution in [0.1, 0.15) is 19.9 Å². The van der Waals surface area contributed by atoms with Crippen molar-refractivity contribution in [2.75, 3.05) is 46.3 Å². The number of piperazine rings is 1. The fourth-order valence-corrected chi connectivity index (χ4v) is 2.64. The molecule has 3 atom stereocenters. The van der Waals surface area contributed by atoms with E-state index in [0.717, 1.165) is 32.7 Å². The van der Waals surface area contributed by atoms with Crippen LogP contribution in [0.2, 0.25) is 0 Å². The molecule has 1 aliphatic rings. The third kappa shape index (κ3) is 5.07. The minimum Gasteiger partial charge on any atom is -0.390 e. The maximum atomic E-state index is 10.2. The van der Waals surface area contributed by atoms with Crippen molar-refractivity contribution in [1.82, 2.24) is 24.9 Å². The van der Waals surface area contributed by atoms with Crippen molar-refractivity contribution in [2.24, 2.45) is 0 Å². The van der Waals surface area contributed by atoms with E-state index in [1.807, 2.05) is 16.9 Å². The summed E-state index contributed by atoms with van der Waals surface area (Å²) in [6.07, 6.45) is 3.45. The van der Waals surface area contributed by atoms with Gasteiger partial charge in [0.05, 0.1) is 12.1 Å². The average Bonchev–Trinajstić information content (AvgIpc) is 3.00. The first kappa shape index (κ1) is 16.4. The topological polar surface area (TPSA) is 56.6 Å². The Morgan fingerprint density at radius 3 is 2.57 bits per heavy atom. The number of hydrogen-bond donors (Lipinski definition) is 2. The molecule has 1 aromatic heterocycles. The van der Waals surface area contributed by atoms with Crippen molar-refractivity contribution >= 4 is 0 Å². The van der Waals surface area contributed by atoms with Gasteiger partial charge in [-0.1, -0.05) is 0 Å². The Morgan fingerprint density at radius 1 is 1.24 bits per heavy atom. The molecule has 0 aliphatic carbocycles. The van der Waals surface area contributed by atoms with Crippen molar-refractivity contribution in [2.45, 2.75) is 32.0 Å². The molecule has 0 unspecified atom stereocenters. The molecular formula is C15H29N5O. The fraction of sp³-hybridized carbons (Fsp3) is 0.800. The van der Waals surface area contributed by atoms with E-state index in [0.29, 0.717) is 6.54 Å². The van der Waals surface area contributed by atoms with Crippen LogP contribution in [0, 0.1) is 0 Å². The average molecular weight is 295 g/mol. The summed E-state index contributed by atoms with van der Waals surface area (Å²) in [4.78, 5) is 4.67. The predicted molar refractivity (Wildman–Crippen MR) is 84.3 cm³/mol. The Morgan fingerprint density at radius 2 is 1.95 bits per heavy atom. The van der Waals surface area contributed by atoms with Gasteiger partial charge in [0.1, 0.15) is 0 Å². The van der Waals surface area contributed by atoms with Gasteiger partial charge in [-0.15, -0.1) is 0 Å². The summed E-state index contributed by atoms with van der Waals surface area (Å²) in [6, 6.07) is 2.48. The number of hydrogen-bond acceptors (Lipinski definition) is 5. The SMILES string of the molecule is C[C@H](NC[C@@H](O)CN1CCN(C)CC1)[C@H](C)n1cccn1. The molecule has 6 heteroatoms. The summed E-state index contributed by atoms with van der Waals surface area (Å²) >= 11 is 0. The van der Waals surface area contributed by atoms with Crippen LogP contribution in [0.15, 0.2) is 18.5 Å². The van der Waals surface area contributed by atoms with Crippen LogP contribution in [0.3, 0.4) is 0 Å². The summed E-state index contributed by atoms with van der Waals surface area (Å²) in [5, 5.41) is 17.9. The van der Waals surface area contributed by atoms with E-state index in [9.17, 15) is 5.11 Å². The second kappa shape index (κ2) is 7.89. The number of nitrogens with one attached hydrogen (secondary N) is 1. The van der Waals surface area contributed by atoms with Crippen molar-refractivity contribution in [3.63, 3.8) is 0 Å². The molecule has 21 heavy (non-hydrogen) atoms. The fourth-order valence-electron chi connectivity index (χ4n) is 2.64. The third-order valence-corrected chi connectivity index (χ3v) is 4.41. The number of rotatable bonds is 7. The van der Waals surface area contributed by atoms with Crippen LogP contribution in [-0.2, 0) is 0 Å². The maximum absolute atomic E-state index is 10.2. The Labute approximate surface area is 127 Å². The van der Waals surface area contributed by atoms with Gasteiger partial charge >= 0.3 is 0 Å². The Bertz CT molecular complexity index is 389. The zero-order chi connectivity index (χ0) is 15.2. The highest BCUT2D eigenvalue weighted by Gasteiger charge is 2.19. The van der Waals surface area contributed by atoms with Gasteiger partial charge in [-0.3, -0.25) is 9.58 Å². The summed E-state index contributed by atoms with van der Waals surface area (Å²) in [6.45, 7) is 9.93. The summed E-state index contributed by atoms with van der Waals surface area (Å²) in [5.41, 5.74) is 0. The molecule has 0 saturated carbocycles. The second-order valence-electron chi connectivity index (χ2n) is 6.18. The Hall–Kier alpha value is -0.950. The highest BCUT2D eigenvalue weighted by Crippen LogP contribution is 2.09. The van der Waals surface area contributed by atoms with Gasteiger partial charge in [-0.2, -0.15) is 5.10 Å². The first-order chi connectivity index (χ1) is 10.1. The normalized spacial score (nSPS) is 22.1. The van der Waals surface area contributed by atoms with E-state index in [1.54, 1.807) is 6.20 Å². The first-order valence-electron chi connectivity index (χ1n) is 7.87. The number of nitrogens with zero attached hydrogens (tertiary/aromatic N) is 4. The molecule has 0 aromatic carbocycles. The molecule has 0 amide bonds. The number of aliphatic hydroxyl groups is 1. The Balaban J connectivity index is 1.67. The second-order valence-corrected chi connectivity index (χ2v) is 6.18. The van der Waals surface area contributed by atoms with Gasteiger partial charge < -0.3 is 15.3 Å². The van der Waals surface area contributed by atoms with Crippen LogP contribution < -0.4 is 5.32 Å². The predicted octanol–water partition coefficient (Wildman–Crippen LogP) is 0.0305. The van der Waals surface area contributed by atoms with Crippen molar-refractivity contribution < 1.29 is 5.11 Å². The van der Waals surface area contributed by atoms with E-state index in [2.05, 4.69) is 41.1 Å². The maximum Gasteiger partial charge on any atom is 0.0791 e. The highest BCUT2D eigenvalue weighted by atomic mass is 16.3. The molecular weight excluding hydrogens is 266 g/mol. The molecule has 120 valence electrons. The summed E-state index contributed by atoms with van der Waals surface area (Å²) < 4.78 is 1.95. The summed E-state index contributed by atoms with van der Waals surface area (Å²) in [7, 11) is 2.15. The lowest BCUT2D eigenvalue weighted by Gasteiger charge is -2.34. The van der Waals surface area contributed by atoms with Gasteiger partial charge in [0.15, 0.2) is 0 Å². The lowest BCUT2D eigenvalue weighted by molar-refractivity contribution is 0.0777. The van der Waals surface area contributed by atoms with Crippen molar-refractivity contribution in [3.8, 4) is 0 Å². The Kier molecular flexibility index (Phi) is 6.17. The van der Waals surface area contributed by atoms with Gasteiger partial charge in [0.2, 0.25) is 0 Å². The standard InChI is InChI=1S/C15H29N5O/c1-13(14(2)20-6-4-5-17-20)16-11-15(21)12-19-9-7-18(3)8-10-19/h4-6,13-16,21H,7-12H2,1-3H3/t13-,14-,15+/m0/s1. The molecule has 0 bridgehead atoms. The van der Waals surface area contributed by atoms with Crippen molar-refractivity contribution in [3.05, 3.63) is 18.5 Å². The van der Waals surface area contributed by atoms with Crippen LogP contribution >= 0.6 is 0 Å². The number of aliphatic hydroxyl groups excluding tert-OH is 1. The smallest absolute Gasteiger partial charge is 0.0791 e. The lowest BCUT2D eigenvalue weighted by atomic mass is 10.1. The van der Waals surface area contributed by atoms with Gasteiger partial charge in [0, 0.05) is 57.7 Å². The van der Waals surface area contributed by atoms with Crippen molar-refractivity contribution in [1.29, 1.82) is 0 Å². The number of aromatic nitrogens is 2. The van der Waals surface area contributed by atoms with Gasteiger partial charge in [-0.25, -0.2) is 0 Å². The molecule has 2 heterocycles. The zero-order valence-corrected chi connectivity index (χ0v) is 13.4. The molecule has 2 N–H and O–H groups in total. The number of β-amino-alcohol motifs (C(OH)–C–C–N with tert-alkyl or cyclic N) is 1. The zero-order valence-electron chi connectivity index (χ0n) is 13.4. The van der Waals surface area contributed by atoms with E-state index in [4.69, 9.17) is 0 Å². The molecule has 1 fully saturated rings. The number of likely N-dealkylation sites (N-methyl/N-ethyl adjacent to an activating group) is 1. The van der Waals surface area contributed by atoms with Crippen LogP contribution in [-0.4, -0.2) is 83.1 Å². The first-order valence-corrected chi connectivity index (χ1v) is 7.87. The molecule has 6 nitrogen and oxygen atoms in total. The van der Waals surface area contributed by atoms with Gasteiger partial charge in [-0.05, 0) is 27.0 Å². The minimum atomic E-state index is -0.319. The van der Waals surface area contributed by atoms with E-state index >= 15 is 0 Å². The van der Waals surface area contributed by atoms with E-state index in [-0.39, 0.29) is 18.2 Å². The largest absolute Gasteiger partial charge is 0.390 e. The quantitative estimate of drug-likeness (QED) is 0.743. The summed E-state index contributed by atoms with van der Waals surface area (Å²) in [5.74, 6) is 0. The van der Waals surface area contributed by atoms with Crippen LogP contribution in [0.5, 0.6) is 0 Å².